The quantitative estimate of drug-likeness (QED) is 0.934. The van der Waals surface area contributed by atoms with E-state index in [0.717, 1.165) is 24.4 Å². The van der Waals surface area contributed by atoms with E-state index in [0.29, 0.717) is 30.2 Å². The molecule has 1 fully saturated rings. The second-order valence-electron chi connectivity index (χ2n) is 5.28. The van der Waals surface area contributed by atoms with Crippen molar-refractivity contribution in [3.05, 3.63) is 40.9 Å². The van der Waals surface area contributed by atoms with Crippen LogP contribution in [0.5, 0.6) is 0 Å². The monoisotopic (exact) mass is 341 g/mol. The summed E-state index contributed by atoms with van der Waals surface area (Å²) in [6.07, 6.45) is -4.33. The Morgan fingerprint density at radius 2 is 2.00 bits per heavy atom. The molecule has 0 radical (unpaired) electrons. The second kappa shape index (κ2) is 6.29. The highest BCUT2D eigenvalue weighted by Gasteiger charge is 2.30. The van der Waals surface area contributed by atoms with Crippen LogP contribution in [0.2, 0.25) is 0 Å². The van der Waals surface area contributed by atoms with Crippen LogP contribution in [0.4, 0.5) is 13.2 Å². The molecular formula is C15H14F3N3OS. The van der Waals surface area contributed by atoms with Gasteiger partial charge in [-0.05, 0) is 12.1 Å². The molecule has 2 aromatic rings. The fraction of sp³-hybridized carbons (Fsp3) is 0.333. The maximum absolute atomic E-state index is 12.6. The number of benzene rings is 1. The molecule has 0 aliphatic carbocycles. The number of hydrogen-bond donors (Lipinski definition) is 1. The third kappa shape index (κ3) is 3.89. The number of nitrogens with one attached hydrogen (secondary N) is 1. The van der Waals surface area contributed by atoms with E-state index in [2.05, 4.69) is 10.3 Å². The number of rotatable bonds is 3. The average molecular weight is 341 g/mol. The fourth-order valence-electron chi connectivity index (χ4n) is 2.37. The maximum atomic E-state index is 12.6. The van der Waals surface area contributed by atoms with Crippen LogP contribution in [0, 0.1) is 0 Å². The minimum Gasteiger partial charge on any atom is -0.354 e. The Balaban J connectivity index is 1.70. The first kappa shape index (κ1) is 15.9. The van der Waals surface area contributed by atoms with Gasteiger partial charge in [-0.3, -0.25) is 9.69 Å². The minimum atomic E-state index is -4.33. The van der Waals surface area contributed by atoms with Crippen molar-refractivity contribution in [1.82, 2.24) is 15.2 Å². The van der Waals surface area contributed by atoms with E-state index in [4.69, 9.17) is 0 Å². The highest BCUT2D eigenvalue weighted by Crippen LogP contribution is 2.31. The Morgan fingerprint density at radius 3 is 2.65 bits per heavy atom. The summed E-state index contributed by atoms with van der Waals surface area (Å²) < 4.78 is 37.7. The van der Waals surface area contributed by atoms with Crippen molar-refractivity contribution >= 4 is 17.2 Å². The van der Waals surface area contributed by atoms with Crippen LogP contribution in [0.15, 0.2) is 29.6 Å². The van der Waals surface area contributed by atoms with Crippen LogP contribution in [0.25, 0.3) is 10.6 Å². The number of hydrogen-bond acceptors (Lipinski definition) is 4. The van der Waals surface area contributed by atoms with E-state index in [1.165, 1.54) is 23.5 Å². The van der Waals surface area contributed by atoms with Gasteiger partial charge in [0.05, 0.1) is 17.8 Å². The molecule has 4 nitrogen and oxygen atoms in total. The first-order valence-corrected chi connectivity index (χ1v) is 7.91. The number of amides is 1. The molecule has 0 bridgehead atoms. The molecule has 122 valence electrons. The Morgan fingerprint density at radius 1 is 1.26 bits per heavy atom. The summed E-state index contributed by atoms with van der Waals surface area (Å²) in [5.41, 5.74) is 0.808. The van der Waals surface area contributed by atoms with Crippen LogP contribution in [-0.4, -0.2) is 35.4 Å². The lowest BCUT2D eigenvalue weighted by atomic mass is 10.1. The van der Waals surface area contributed by atoms with E-state index in [9.17, 15) is 18.0 Å². The van der Waals surface area contributed by atoms with Crippen LogP contribution >= 0.6 is 11.3 Å². The molecule has 23 heavy (non-hydrogen) atoms. The molecule has 0 saturated carbocycles. The lowest BCUT2D eigenvalue weighted by Crippen LogP contribution is -2.47. The van der Waals surface area contributed by atoms with Gasteiger partial charge >= 0.3 is 6.18 Å². The summed E-state index contributed by atoms with van der Waals surface area (Å²) in [7, 11) is 0. The Kier molecular flexibility index (Phi) is 4.36. The van der Waals surface area contributed by atoms with Gasteiger partial charge in [0.25, 0.3) is 0 Å². The predicted octanol–water partition coefficient (Wildman–Crippen LogP) is 2.76. The Labute approximate surface area is 135 Å². The molecule has 1 aromatic heterocycles. The molecule has 1 saturated heterocycles. The van der Waals surface area contributed by atoms with E-state index in [1.807, 2.05) is 10.3 Å². The van der Waals surface area contributed by atoms with E-state index >= 15 is 0 Å². The zero-order chi connectivity index (χ0) is 16.4. The zero-order valence-corrected chi connectivity index (χ0v) is 12.9. The molecule has 1 aliphatic rings. The summed E-state index contributed by atoms with van der Waals surface area (Å²) in [5, 5.41) is 5.31. The minimum absolute atomic E-state index is 0.00515. The standard InChI is InChI=1S/C15H14F3N3OS/c16-15(17,18)11-3-1-10(2-4-11)14-20-12(9-23-14)7-21-6-5-19-13(22)8-21/h1-4,9H,5-8H2,(H,19,22). The van der Waals surface area contributed by atoms with Gasteiger partial charge in [-0.25, -0.2) is 4.98 Å². The van der Waals surface area contributed by atoms with Crippen molar-refractivity contribution in [2.45, 2.75) is 12.7 Å². The topological polar surface area (TPSA) is 45.2 Å². The van der Waals surface area contributed by atoms with E-state index < -0.39 is 11.7 Å². The summed E-state index contributed by atoms with van der Waals surface area (Å²) in [5.74, 6) is -0.00515. The largest absolute Gasteiger partial charge is 0.416 e. The first-order valence-electron chi connectivity index (χ1n) is 7.03. The van der Waals surface area contributed by atoms with Gasteiger partial charge in [0.2, 0.25) is 5.91 Å². The zero-order valence-electron chi connectivity index (χ0n) is 12.1. The van der Waals surface area contributed by atoms with Crippen LogP contribution in [0.1, 0.15) is 11.3 Å². The normalized spacial score (nSPS) is 16.4. The molecule has 0 unspecified atom stereocenters. The summed E-state index contributed by atoms with van der Waals surface area (Å²) in [6.45, 7) is 2.28. The van der Waals surface area contributed by atoms with Crippen LogP contribution < -0.4 is 5.32 Å². The third-order valence-electron chi connectivity index (χ3n) is 3.51. The highest BCUT2D eigenvalue weighted by atomic mass is 32.1. The summed E-state index contributed by atoms with van der Waals surface area (Å²) in [6, 6.07) is 4.98. The molecule has 1 N–H and O–H groups in total. The predicted molar refractivity (Wildman–Crippen MR) is 80.8 cm³/mol. The van der Waals surface area contributed by atoms with Crippen molar-refractivity contribution in [2.75, 3.05) is 19.6 Å². The van der Waals surface area contributed by atoms with Gasteiger partial charge in [0.15, 0.2) is 0 Å². The van der Waals surface area contributed by atoms with Gasteiger partial charge < -0.3 is 5.32 Å². The van der Waals surface area contributed by atoms with Crippen molar-refractivity contribution in [1.29, 1.82) is 0 Å². The Hall–Kier alpha value is -1.93. The van der Waals surface area contributed by atoms with Crippen LogP contribution in [-0.2, 0) is 17.5 Å². The number of carbonyl (C=O) groups is 1. The van der Waals surface area contributed by atoms with Gasteiger partial charge in [0.1, 0.15) is 5.01 Å². The van der Waals surface area contributed by atoms with Crippen molar-refractivity contribution in [3.63, 3.8) is 0 Å². The third-order valence-corrected chi connectivity index (χ3v) is 4.45. The average Bonchev–Trinajstić information content (AvgIpc) is 2.95. The van der Waals surface area contributed by atoms with Gasteiger partial charge in [0, 0.05) is 30.6 Å². The maximum Gasteiger partial charge on any atom is 0.416 e. The number of halogens is 3. The summed E-state index contributed by atoms with van der Waals surface area (Å²) >= 11 is 1.39. The molecule has 3 rings (SSSR count). The highest BCUT2D eigenvalue weighted by molar-refractivity contribution is 7.13. The lowest BCUT2D eigenvalue weighted by Gasteiger charge is -2.25. The van der Waals surface area contributed by atoms with Gasteiger partial charge in [-0.1, -0.05) is 12.1 Å². The SMILES string of the molecule is O=C1CN(Cc2csc(-c3ccc(C(F)(F)F)cc3)n2)CCN1. The number of thiazole rings is 1. The Bertz CT molecular complexity index is 697. The number of carbonyl (C=O) groups excluding carboxylic acids is 1. The van der Waals surface area contributed by atoms with Crippen molar-refractivity contribution in [3.8, 4) is 10.6 Å². The molecule has 1 amide bonds. The smallest absolute Gasteiger partial charge is 0.354 e. The molecule has 1 aliphatic heterocycles. The molecule has 8 heteroatoms. The summed E-state index contributed by atoms with van der Waals surface area (Å²) in [4.78, 5) is 17.8. The molecule has 1 aromatic carbocycles. The van der Waals surface area contributed by atoms with E-state index in [1.54, 1.807) is 0 Å². The number of aromatic nitrogens is 1. The van der Waals surface area contributed by atoms with Crippen molar-refractivity contribution in [2.24, 2.45) is 0 Å². The van der Waals surface area contributed by atoms with Crippen LogP contribution in [0.3, 0.4) is 0 Å². The lowest BCUT2D eigenvalue weighted by molar-refractivity contribution is -0.137. The first-order chi connectivity index (χ1) is 10.9. The number of alkyl halides is 3. The molecule has 0 atom stereocenters. The van der Waals surface area contributed by atoms with Gasteiger partial charge in [-0.2, -0.15) is 13.2 Å². The number of nitrogens with zero attached hydrogens (tertiary/aromatic N) is 2. The number of piperazine rings is 1. The molecule has 2 heterocycles. The van der Waals surface area contributed by atoms with E-state index in [-0.39, 0.29) is 5.91 Å². The fourth-order valence-corrected chi connectivity index (χ4v) is 3.19. The molecule has 0 spiro atoms. The van der Waals surface area contributed by atoms with Gasteiger partial charge in [-0.15, -0.1) is 11.3 Å². The second-order valence-corrected chi connectivity index (χ2v) is 6.14. The van der Waals surface area contributed by atoms with Crippen molar-refractivity contribution < 1.29 is 18.0 Å². The molecular weight excluding hydrogens is 327 g/mol.